The molecule has 1 aliphatic heterocycles. The van der Waals surface area contributed by atoms with Gasteiger partial charge in [0.2, 0.25) is 0 Å². The largest absolute Gasteiger partial charge is 0.485 e. The van der Waals surface area contributed by atoms with Gasteiger partial charge in [0.05, 0.1) is 18.9 Å². The number of nitrogens with zero attached hydrogens (tertiary/aromatic N) is 5. The predicted octanol–water partition coefficient (Wildman–Crippen LogP) is 3.78. The van der Waals surface area contributed by atoms with Gasteiger partial charge in [0.25, 0.3) is 0 Å². The first-order valence-electron chi connectivity index (χ1n) is 9.89. The van der Waals surface area contributed by atoms with Crippen LogP contribution in [0.4, 0.5) is 5.69 Å². The van der Waals surface area contributed by atoms with Gasteiger partial charge in [0.1, 0.15) is 17.7 Å². The summed E-state index contributed by atoms with van der Waals surface area (Å²) in [5, 5.41) is 6.87. The smallest absolute Gasteiger partial charge is 0.198 e. The van der Waals surface area contributed by atoms with E-state index in [1.165, 1.54) is 10.6 Å². The minimum atomic E-state index is 0.110. The summed E-state index contributed by atoms with van der Waals surface area (Å²) in [5.74, 6) is 1.96. The number of thiophene rings is 1. The zero-order valence-electron chi connectivity index (χ0n) is 17.1. The molecule has 6 nitrogen and oxygen atoms in total. The Morgan fingerprint density at radius 2 is 2.10 bits per heavy atom. The van der Waals surface area contributed by atoms with Gasteiger partial charge >= 0.3 is 0 Å². The summed E-state index contributed by atoms with van der Waals surface area (Å²) in [6.07, 6.45) is 0.918. The molecular weight excluding hydrogens is 402 g/mol. The fourth-order valence-corrected chi connectivity index (χ4v) is 4.66. The SMILES string of the molecule is CCN1C[C@H](CN(C)Cn2nc(Cc3cccs3)n(C)c2=S)Oc2ccccc21. The zero-order chi connectivity index (χ0) is 20.4. The topological polar surface area (TPSA) is 38.5 Å². The highest BCUT2D eigenvalue weighted by molar-refractivity contribution is 7.71. The van der Waals surface area contributed by atoms with E-state index in [4.69, 9.17) is 22.1 Å². The summed E-state index contributed by atoms with van der Waals surface area (Å²) in [6, 6.07) is 12.5. The first-order valence-corrected chi connectivity index (χ1v) is 11.2. The van der Waals surface area contributed by atoms with Crippen LogP contribution < -0.4 is 9.64 Å². The molecule has 3 aromatic rings. The lowest BCUT2D eigenvalue weighted by Crippen LogP contribution is -2.45. The maximum absolute atomic E-state index is 6.26. The first kappa shape index (κ1) is 20.1. The van der Waals surface area contributed by atoms with Crippen molar-refractivity contribution in [3.8, 4) is 5.75 Å². The number of fused-ring (bicyclic) bond motifs is 1. The number of benzene rings is 1. The van der Waals surface area contributed by atoms with Crippen LogP contribution in [0, 0.1) is 4.77 Å². The van der Waals surface area contributed by atoms with E-state index in [9.17, 15) is 0 Å². The number of ether oxygens (including phenoxy) is 1. The van der Waals surface area contributed by atoms with Gasteiger partial charge in [0.15, 0.2) is 4.77 Å². The van der Waals surface area contributed by atoms with Crippen LogP contribution in [0.5, 0.6) is 5.75 Å². The van der Waals surface area contributed by atoms with E-state index >= 15 is 0 Å². The van der Waals surface area contributed by atoms with Crippen LogP contribution >= 0.6 is 23.6 Å². The molecular formula is C21H27N5OS2. The van der Waals surface area contributed by atoms with E-state index in [-0.39, 0.29) is 6.10 Å². The molecule has 0 aliphatic carbocycles. The molecule has 1 aliphatic rings. The normalized spacial score (nSPS) is 16.1. The third-order valence-electron chi connectivity index (χ3n) is 5.24. The van der Waals surface area contributed by atoms with E-state index in [1.54, 1.807) is 11.3 Å². The van der Waals surface area contributed by atoms with E-state index in [1.807, 2.05) is 22.4 Å². The van der Waals surface area contributed by atoms with Crippen molar-refractivity contribution in [2.75, 3.05) is 31.6 Å². The Hall–Kier alpha value is -2.16. The molecule has 0 amide bonds. The van der Waals surface area contributed by atoms with Crippen molar-refractivity contribution < 1.29 is 4.74 Å². The molecule has 0 bridgehead atoms. The molecule has 0 fully saturated rings. The van der Waals surface area contributed by atoms with E-state index < -0.39 is 0 Å². The van der Waals surface area contributed by atoms with Crippen LogP contribution in [0.15, 0.2) is 41.8 Å². The second-order valence-corrected chi connectivity index (χ2v) is 8.84. The van der Waals surface area contributed by atoms with E-state index in [0.29, 0.717) is 6.67 Å². The molecule has 154 valence electrons. The van der Waals surface area contributed by atoms with Gasteiger partial charge in [0, 0.05) is 31.4 Å². The lowest BCUT2D eigenvalue weighted by Gasteiger charge is -2.37. The van der Waals surface area contributed by atoms with Crippen molar-refractivity contribution in [3.05, 3.63) is 57.3 Å². The molecule has 4 rings (SSSR count). The van der Waals surface area contributed by atoms with Gasteiger partial charge in [-0.3, -0.25) is 4.90 Å². The predicted molar refractivity (Wildman–Crippen MR) is 121 cm³/mol. The molecule has 0 spiro atoms. The highest BCUT2D eigenvalue weighted by atomic mass is 32.1. The fourth-order valence-electron chi connectivity index (χ4n) is 3.76. The van der Waals surface area contributed by atoms with Gasteiger partial charge in [-0.25, -0.2) is 4.68 Å². The highest BCUT2D eigenvalue weighted by Gasteiger charge is 2.25. The molecule has 3 heterocycles. The fraction of sp³-hybridized carbons (Fsp3) is 0.429. The molecule has 29 heavy (non-hydrogen) atoms. The second kappa shape index (κ2) is 8.69. The Kier molecular flexibility index (Phi) is 6.03. The van der Waals surface area contributed by atoms with Crippen LogP contribution in [0.3, 0.4) is 0 Å². The summed E-state index contributed by atoms with van der Waals surface area (Å²) in [5.41, 5.74) is 1.18. The van der Waals surface area contributed by atoms with Gasteiger partial charge in [-0.05, 0) is 49.8 Å². The molecule has 0 N–H and O–H groups in total. The Morgan fingerprint density at radius 3 is 2.86 bits per heavy atom. The summed E-state index contributed by atoms with van der Waals surface area (Å²) < 4.78 is 10.9. The molecule has 0 unspecified atom stereocenters. The Labute approximate surface area is 180 Å². The van der Waals surface area contributed by atoms with Crippen molar-refractivity contribution in [2.24, 2.45) is 7.05 Å². The third-order valence-corrected chi connectivity index (χ3v) is 6.60. The Morgan fingerprint density at radius 1 is 1.28 bits per heavy atom. The number of para-hydroxylation sites is 2. The summed E-state index contributed by atoms with van der Waals surface area (Å²) in [6.45, 7) is 5.49. The van der Waals surface area contributed by atoms with Crippen molar-refractivity contribution in [1.29, 1.82) is 0 Å². The first-order chi connectivity index (χ1) is 14.0. The van der Waals surface area contributed by atoms with E-state index in [2.05, 4.69) is 59.5 Å². The number of hydrogen-bond donors (Lipinski definition) is 0. The number of hydrogen-bond acceptors (Lipinski definition) is 6. The van der Waals surface area contributed by atoms with Gasteiger partial charge in [-0.15, -0.1) is 11.3 Å². The lowest BCUT2D eigenvalue weighted by atomic mass is 10.2. The highest BCUT2D eigenvalue weighted by Crippen LogP contribution is 2.32. The van der Waals surface area contributed by atoms with Crippen LogP contribution in [0.1, 0.15) is 17.6 Å². The zero-order valence-corrected chi connectivity index (χ0v) is 18.7. The summed E-state index contributed by atoms with van der Waals surface area (Å²) in [7, 11) is 4.09. The average Bonchev–Trinajstić information content (AvgIpc) is 3.32. The molecule has 0 saturated carbocycles. The van der Waals surface area contributed by atoms with Gasteiger partial charge in [-0.1, -0.05) is 18.2 Å². The third kappa shape index (κ3) is 4.39. The lowest BCUT2D eigenvalue weighted by molar-refractivity contribution is 0.123. The molecule has 1 aromatic carbocycles. The molecule has 2 aromatic heterocycles. The van der Waals surface area contributed by atoms with Crippen molar-refractivity contribution in [1.82, 2.24) is 19.2 Å². The summed E-state index contributed by atoms with van der Waals surface area (Å²) >= 11 is 7.37. The molecule has 8 heteroatoms. The van der Waals surface area contributed by atoms with Crippen LogP contribution in [-0.2, 0) is 20.1 Å². The Balaban J connectivity index is 1.42. The second-order valence-electron chi connectivity index (χ2n) is 7.44. The number of aromatic nitrogens is 3. The Bertz CT molecular complexity index is 1010. The van der Waals surface area contributed by atoms with Crippen molar-refractivity contribution in [2.45, 2.75) is 26.1 Å². The monoisotopic (exact) mass is 429 g/mol. The van der Waals surface area contributed by atoms with Crippen molar-refractivity contribution >= 4 is 29.2 Å². The van der Waals surface area contributed by atoms with Gasteiger partial charge in [-0.2, -0.15) is 5.10 Å². The maximum atomic E-state index is 6.26. The minimum Gasteiger partial charge on any atom is -0.485 e. The van der Waals surface area contributed by atoms with Crippen LogP contribution in [0.2, 0.25) is 0 Å². The molecule has 1 atom stereocenters. The molecule has 0 saturated heterocycles. The number of rotatable bonds is 7. The van der Waals surface area contributed by atoms with E-state index in [0.717, 1.165) is 42.4 Å². The summed E-state index contributed by atoms with van der Waals surface area (Å²) in [4.78, 5) is 5.90. The van der Waals surface area contributed by atoms with Gasteiger partial charge < -0.3 is 14.2 Å². The van der Waals surface area contributed by atoms with Crippen LogP contribution in [-0.4, -0.2) is 52.0 Å². The average molecular weight is 430 g/mol. The van der Waals surface area contributed by atoms with Crippen LogP contribution in [0.25, 0.3) is 0 Å². The number of anilines is 1. The van der Waals surface area contributed by atoms with Crippen molar-refractivity contribution in [3.63, 3.8) is 0 Å². The maximum Gasteiger partial charge on any atom is 0.198 e. The number of likely N-dealkylation sites (N-methyl/N-ethyl adjacent to an activating group) is 2. The standard InChI is InChI=1S/C21H27N5OS2/c1-4-25-14-16(27-19-10-6-5-9-18(19)25)13-23(2)15-26-21(28)24(3)20(22-26)12-17-8-7-11-29-17/h5-11,16H,4,12-15H2,1-3H3/t16-/m0/s1. The molecule has 0 radical (unpaired) electrons. The minimum absolute atomic E-state index is 0.110. The quantitative estimate of drug-likeness (QED) is 0.535.